The summed E-state index contributed by atoms with van der Waals surface area (Å²) in [5, 5.41) is 9.11. The first-order valence-corrected chi connectivity index (χ1v) is 6.53. The van der Waals surface area contributed by atoms with Crippen molar-refractivity contribution in [3.8, 4) is 0 Å². The van der Waals surface area contributed by atoms with Crippen molar-refractivity contribution in [2.75, 3.05) is 26.2 Å². The van der Waals surface area contributed by atoms with E-state index in [2.05, 4.69) is 0 Å². The molecule has 0 aromatic carbocycles. The molecule has 0 spiro atoms. The fourth-order valence-corrected chi connectivity index (χ4v) is 2.30. The molecule has 1 amide bonds. The molecule has 1 unspecified atom stereocenters. The van der Waals surface area contributed by atoms with E-state index in [0.29, 0.717) is 32.6 Å². The molecule has 19 heavy (non-hydrogen) atoms. The maximum Gasteiger partial charge on any atom is 0.320 e. The monoisotopic (exact) mass is 292 g/mol. The first kappa shape index (κ1) is 18.2. The third-order valence-corrected chi connectivity index (χ3v) is 3.36. The van der Waals surface area contributed by atoms with Crippen LogP contribution in [0.1, 0.15) is 34.1 Å². The summed E-state index contributed by atoms with van der Waals surface area (Å²) >= 11 is 0. The largest absolute Gasteiger partial charge is 0.480 e. The van der Waals surface area contributed by atoms with Crippen molar-refractivity contribution in [3.05, 3.63) is 0 Å². The molecular formula is C13H25ClN2O3. The first-order chi connectivity index (χ1) is 8.27. The van der Waals surface area contributed by atoms with E-state index in [1.54, 1.807) is 0 Å². The zero-order valence-electron chi connectivity index (χ0n) is 12.2. The lowest BCUT2D eigenvalue weighted by Crippen LogP contribution is -2.55. The lowest BCUT2D eigenvalue weighted by Gasteiger charge is -2.39. The van der Waals surface area contributed by atoms with Gasteiger partial charge in [-0.15, -0.1) is 12.4 Å². The van der Waals surface area contributed by atoms with Crippen LogP contribution in [0, 0.1) is 5.41 Å². The number of carboxylic acid groups (broad SMARTS) is 1. The van der Waals surface area contributed by atoms with Gasteiger partial charge in [0.1, 0.15) is 6.04 Å². The van der Waals surface area contributed by atoms with Gasteiger partial charge in [-0.3, -0.25) is 14.5 Å². The van der Waals surface area contributed by atoms with E-state index >= 15 is 0 Å². The maximum atomic E-state index is 12.1. The molecule has 0 bridgehead atoms. The molecule has 1 fully saturated rings. The van der Waals surface area contributed by atoms with Crippen molar-refractivity contribution in [2.45, 2.75) is 40.2 Å². The van der Waals surface area contributed by atoms with Gasteiger partial charge in [0, 0.05) is 31.6 Å². The Bertz CT molecular complexity index is 320. The quantitative estimate of drug-likeness (QED) is 0.855. The topological polar surface area (TPSA) is 60.9 Å². The van der Waals surface area contributed by atoms with Crippen molar-refractivity contribution in [1.29, 1.82) is 0 Å². The fourth-order valence-electron chi connectivity index (χ4n) is 2.30. The molecule has 0 radical (unpaired) electrons. The van der Waals surface area contributed by atoms with Gasteiger partial charge in [0.2, 0.25) is 5.91 Å². The number of halogens is 1. The number of nitrogens with zero attached hydrogens (tertiary/aromatic N) is 2. The van der Waals surface area contributed by atoms with E-state index in [4.69, 9.17) is 5.11 Å². The summed E-state index contributed by atoms with van der Waals surface area (Å²) in [6.45, 7) is 10.2. The molecule has 1 N–H and O–H groups in total. The van der Waals surface area contributed by atoms with E-state index in [-0.39, 0.29) is 23.7 Å². The molecule has 1 aliphatic rings. The van der Waals surface area contributed by atoms with Crippen LogP contribution in [0.25, 0.3) is 0 Å². The number of carbonyl (C=O) groups is 2. The van der Waals surface area contributed by atoms with Crippen LogP contribution < -0.4 is 0 Å². The second kappa shape index (κ2) is 7.10. The van der Waals surface area contributed by atoms with E-state index in [9.17, 15) is 9.59 Å². The fraction of sp³-hybridized carbons (Fsp3) is 0.846. The SMILES string of the molecule is CCC(C(=O)O)N1CCN(C(=O)C(C)(C)C)CC1.Cl. The highest BCUT2D eigenvalue weighted by Crippen LogP contribution is 2.19. The summed E-state index contributed by atoms with van der Waals surface area (Å²) in [4.78, 5) is 27.0. The Hall–Kier alpha value is -0.810. The molecule has 1 atom stereocenters. The van der Waals surface area contributed by atoms with Gasteiger partial charge in [-0.1, -0.05) is 27.7 Å². The predicted octanol–water partition coefficient (Wildman–Crippen LogP) is 1.46. The number of amides is 1. The molecule has 5 nitrogen and oxygen atoms in total. The molecule has 112 valence electrons. The molecule has 1 heterocycles. The second-order valence-electron chi connectivity index (χ2n) is 5.84. The Morgan fingerprint density at radius 3 is 1.95 bits per heavy atom. The van der Waals surface area contributed by atoms with Gasteiger partial charge in [0.05, 0.1) is 0 Å². The summed E-state index contributed by atoms with van der Waals surface area (Å²) in [6, 6.07) is -0.420. The van der Waals surface area contributed by atoms with Crippen LogP contribution >= 0.6 is 12.4 Å². The van der Waals surface area contributed by atoms with Crippen molar-refractivity contribution >= 4 is 24.3 Å². The second-order valence-corrected chi connectivity index (χ2v) is 5.84. The Morgan fingerprint density at radius 2 is 1.63 bits per heavy atom. The molecule has 0 aliphatic carbocycles. The minimum Gasteiger partial charge on any atom is -0.480 e. The Morgan fingerprint density at radius 1 is 1.16 bits per heavy atom. The molecule has 6 heteroatoms. The Labute approximate surface area is 121 Å². The Kier molecular flexibility index (Phi) is 6.80. The van der Waals surface area contributed by atoms with Crippen LogP contribution in [0.15, 0.2) is 0 Å². The van der Waals surface area contributed by atoms with Gasteiger partial charge in [-0.25, -0.2) is 0 Å². The lowest BCUT2D eigenvalue weighted by molar-refractivity contribution is -0.146. The van der Waals surface area contributed by atoms with Gasteiger partial charge in [-0.05, 0) is 6.42 Å². The summed E-state index contributed by atoms with van der Waals surface area (Å²) in [6.07, 6.45) is 0.600. The highest BCUT2D eigenvalue weighted by Gasteiger charge is 2.32. The summed E-state index contributed by atoms with van der Waals surface area (Å²) in [7, 11) is 0. The molecule has 0 aromatic heterocycles. The smallest absolute Gasteiger partial charge is 0.320 e. The number of hydrogen-bond donors (Lipinski definition) is 1. The van der Waals surface area contributed by atoms with Crippen molar-refractivity contribution in [2.24, 2.45) is 5.41 Å². The average Bonchev–Trinajstić information content (AvgIpc) is 2.28. The van der Waals surface area contributed by atoms with Crippen LogP contribution in [-0.4, -0.2) is 59.0 Å². The van der Waals surface area contributed by atoms with E-state index < -0.39 is 12.0 Å². The number of carboxylic acids is 1. The third kappa shape index (κ3) is 4.66. The van der Waals surface area contributed by atoms with Crippen molar-refractivity contribution in [1.82, 2.24) is 9.80 Å². The molecule has 1 rings (SSSR count). The minimum atomic E-state index is -0.770. The zero-order chi connectivity index (χ0) is 13.9. The summed E-state index contributed by atoms with van der Waals surface area (Å²) in [5.41, 5.74) is -0.362. The Balaban J connectivity index is 0.00000324. The average molecular weight is 293 g/mol. The van der Waals surface area contributed by atoms with Crippen LogP contribution in [-0.2, 0) is 9.59 Å². The van der Waals surface area contributed by atoms with Crippen molar-refractivity contribution in [3.63, 3.8) is 0 Å². The normalized spacial score (nSPS) is 18.6. The van der Waals surface area contributed by atoms with E-state index in [1.807, 2.05) is 37.5 Å². The molecule has 1 saturated heterocycles. The number of aliphatic carboxylic acids is 1. The van der Waals surface area contributed by atoms with Gasteiger partial charge in [0.25, 0.3) is 0 Å². The molecule has 0 aromatic rings. The summed E-state index contributed by atoms with van der Waals surface area (Å²) < 4.78 is 0. The van der Waals surface area contributed by atoms with Crippen LogP contribution in [0.2, 0.25) is 0 Å². The number of rotatable bonds is 3. The predicted molar refractivity (Wildman–Crippen MR) is 76.6 cm³/mol. The number of piperazine rings is 1. The van der Waals surface area contributed by atoms with Gasteiger partial charge in [0.15, 0.2) is 0 Å². The van der Waals surface area contributed by atoms with Crippen LogP contribution in [0.3, 0.4) is 0 Å². The van der Waals surface area contributed by atoms with Gasteiger partial charge < -0.3 is 10.0 Å². The van der Waals surface area contributed by atoms with Crippen LogP contribution in [0.5, 0.6) is 0 Å². The van der Waals surface area contributed by atoms with E-state index in [0.717, 1.165) is 0 Å². The number of hydrogen-bond acceptors (Lipinski definition) is 3. The highest BCUT2D eigenvalue weighted by atomic mass is 35.5. The molecular weight excluding hydrogens is 268 g/mol. The number of carbonyl (C=O) groups excluding carboxylic acids is 1. The third-order valence-electron chi connectivity index (χ3n) is 3.36. The van der Waals surface area contributed by atoms with E-state index in [1.165, 1.54) is 0 Å². The van der Waals surface area contributed by atoms with Gasteiger partial charge in [-0.2, -0.15) is 0 Å². The first-order valence-electron chi connectivity index (χ1n) is 6.53. The van der Waals surface area contributed by atoms with Crippen molar-refractivity contribution < 1.29 is 14.7 Å². The van der Waals surface area contributed by atoms with Crippen LogP contribution in [0.4, 0.5) is 0 Å². The molecule has 1 aliphatic heterocycles. The maximum absolute atomic E-state index is 12.1. The molecule has 0 saturated carbocycles. The summed E-state index contributed by atoms with van der Waals surface area (Å²) in [5.74, 6) is -0.626. The lowest BCUT2D eigenvalue weighted by atomic mass is 9.94. The standard InChI is InChI=1S/C13H24N2O3.ClH/c1-5-10(11(16)17)14-6-8-15(9-7-14)12(18)13(2,3)4;/h10H,5-9H2,1-4H3,(H,16,17);1H. The highest BCUT2D eigenvalue weighted by molar-refractivity contribution is 5.85. The zero-order valence-corrected chi connectivity index (χ0v) is 13.0. The minimum absolute atomic E-state index is 0. The van der Waals surface area contributed by atoms with Gasteiger partial charge >= 0.3 is 5.97 Å².